The quantitative estimate of drug-likeness (QED) is 0.622. The van der Waals surface area contributed by atoms with Crippen LogP contribution in [0.4, 0.5) is 0 Å². The molecule has 0 heterocycles. The summed E-state index contributed by atoms with van der Waals surface area (Å²) in [5.74, 6) is 0. The van der Waals surface area contributed by atoms with E-state index in [1.54, 1.807) is 27.7 Å². The molecule has 14 heavy (non-hydrogen) atoms. The van der Waals surface area contributed by atoms with Gasteiger partial charge in [-0.25, -0.2) is 4.57 Å². The van der Waals surface area contributed by atoms with E-state index in [2.05, 4.69) is 0 Å². The van der Waals surface area contributed by atoms with E-state index < -0.39 is 7.82 Å². The first-order valence-electron chi connectivity index (χ1n) is 5.01. The van der Waals surface area contributed by atoms with Gasteiger partial charge in [0, 0.05) is 0 Å². The van der Waals surface area contributed by atoms with Crippen molar-refractivity contribution in [2.45, 2.75) is 53.2 Å². The van der Waals surface area contributed by atoms with E-state index in [4.69, 9.17) is 13.6 Å². The minimum atomic E-state index is -3.35. The fraction of sp³-hybridized carbons (Fsp3) is 1.00. The maximum atomic E-state index is 11.9. The lowest BCUT2D eigenvalue weighted by Crippen LogP contribution is -2.10. The van der Waals surface area contributed by atoms with Gasteiger partial charge < -0.3 is 0 Å². The fourth-order valence-corrected chi connectivity index (χ4v) is 2.42. The second-order valence-corrected chi connectivity index (χ2v) is 5.16. The number of hydrogen-bond donors (Lipinski definition) is 0. The molecule has 0 aromatic rings. The van der Waals surface area contributed by atoms with Crippen molar-refractivity contribution in [3.8, 4) is 0 Å². The van der Waals surface area contributed by atoms with Crippen molar-refractivity contribution >= 4 is 7.82 Å². The summed E-state index contributed by atoms with van der Waals surface area (Å²) in [6.07, 6.45) is 0.445. The summed E-state index contributed by atoms with van der Waals surface area (Å²) >= 11 is 0. The van der Waals surface area contributed by atoms with Gasteiger partial charge in [-0.2, -0.15) is 0 Å². The molecule has 0 amide bonds. The Balaban J connectivity index is 4.26. The third kappa shape index (κ3) is 6.55. The first-order valence-corrected chi connectivity index (χ1v) is 6.47. The molecule has 0 radical (unpaired) electrons. The molecule has 0 saturated carbocycles. The zero-order valence-electron chi connectivity index (χ0n) is 9.65. The lowest BCUT2D eigenvalue weighted by molar-refractivity contribution is 0.0723. The van der Waals surface area contributed by atoms with Crippen LogP contribution in [0.25, 0.3) is 0 Å². The van der Waals surface area contributed by atoms with E-state index in [0.717, 1.165) is 6.42 Å². The monoisotopic (exact) mass is 224 g/mol. The molecule has 0 N–H and O–H groups in total. The van der Waals surface area contributed by atoms with E-state index in [-0.39, 0.29) is 12.2 Å². The summed E-state index contributed by atoms with van der Waals surface area (Å²) < 4.78 is 27.4. The Labute approximate surface area is 86.5 Å². The Morgan fingerprint density at radius 1 is 1.07 bits per heavy atom. The molecular formula is C9H21O4P. The minimum absolute atomic E-state index is 0.170. The first kappa shape index (κ1) is 14.1. The van der Waals surface area contributed by atoms with E-state index in [9.17, 15) is 4.57 Å². The molecular weight excluding hydrogens is 203 g/mol. The normalized spacial score (nSPS) is 12.8. The highest BCUT2D eigenvalue weighted by molar-refractivity contribution is 7.48. The molecule has 0 aromatic heterocycles. The van der Waals surface area contributed by atoms with Crippen LogP contribution in [0.2, 0.25) is 0 Å². The third-order valence-corrected chi connectivity index (χ3v) is 2.99. The second kappa shape index (κ2) is 6.57. The SMILES string of the molecule is CCCOP(=O)(OC(C)C)OC(C)C. The molecule has 0 bridgehead atoms. The van der Waals surface area contributed by atoms with E-state index in [1.807, 2.05) is 6.92 Å². The summed E-state index contributed by atoms with van der Waals surface area (Å²) in [5.41, 5.74) is 0. The van der Waals surface area contributed by atoms with E-state index in [0.29, 0.717) is 6.61 Å². The molecule has 0 spiro atoms. The smallest absolute Gasteiger partial charge is 0.287 e. The zero-order chi connectivity index (χ0) is 11.2. The average molecular weight is 224 g/mol. The van der Waals surface area contributed by atoms with Crippen molar-refractivity contribution in [3.05, 3.63) is 0 Å². The highest BCUT2D eigenvalue weighted by Crippen LogP contribution is 2.51. The lowest BCUT2D eigenvalue weighted by atomic mass is 10.5. The Kier molecular flexibility index (Phi) is 6.62. The number of hydrogen-bond acceptors (Lipinski definition) is 4. The van der Waals surface area contributed by atoms with Gasteiger partial charge in [-0.1, -0.05) is 6.92 Å². The molecule has 0 aromatic carbocycles. The second-order valence-electron chi connectivity index (χ2n) is 3.59. The van der Waals surface area contributed by atoms with Crippen LogP contribution in [-0.2, 0) is 18.1 Å². The molecule has 0 rings (SSSR count). The summed E-state index contributed by atoms with van der Waals surface area (Å²) in [6.45, 7) is 9.51. The van der Waals surface area contributed by atoms with Gasteiger partial charge in [-0.05, 0) is 34.1 Å². The highest BCUT2D eigenvalue weighted by Gasteiger charge is 2.28. The Morgan fingerprint density at radius 2 is 1.50 bits per heavy atom. The third-order valence-electron chi connectivity index (χ3n) is 1.13. The van der Waals surface area contributed by atoms with Gasteiger partial charge in [-0.3, -0.25) is 13.6 Å². The van der Waals surface area contributed by atoms with Gasteiger partial charge in [0.25, 0.3) is 0 Å². The van der Waals surface area contributed by atoms with Crippen LogP contribution in [0.5, 0.6) is 0 Å². The van der Waals surface area contributed by atoms with Gasteiger partial charge in [0.05, 0.1) is 18.8 Å². The molecule has 5 heteroatoms. The highest BCUT2D eigenvalue weighted by atomic mass is 31.2. The molecule has 0 aliphatic rings. The number of phosphoric acid groups is 1. The summed E-state index contributed by atoms with van der Waals surface area (Å²) in [4.78, 5) is 0. The molecule has 0 unspecified atom stereocenters. The maximum Gasteiger partial charge on any atom is 0.475 e. The van der Waals surface area contributed by atoms with Crippen molar-refractivity contribution < 1.29 is 18.1 Å². The number of rotatable bonds is 7. The Bertz CT molecular complexity index is 177. The van der Waals surface area contributed by atoms with Crippen LogP contribution in [0.15, 0.2) is 0 Å². The van der Waals surface area contributed by atoms with Gasteiger partial charge in [0.15, 0.2) is 0 Å². The van der Waals surface area contributed by atoms with Crippen LogP contribution in [0, 0.1) is 0 Å². The van der Waals surface area contributed by atoms with Crippen molar-refractivity contribution in [2.75, 3.05) is 6.61 Å². The van der Waals surface area contributed by atoms with Crippen molar-refractivity contribution in [2.24, 2.45) is 0 Å². The fourth-order valence-electron chi connectivity index (χ4n) is 0.805. The molecule has 86 valence electrons. The van der Waals surface area contributed by atoms with Gasteiger partial charge in [0.2, 0.25) is 0 Å². The first-order chi connectivity index (χ1) is 6.39. The average Bonchev–Trinajstić information content (AvgIpc) is 1.97. The molecule has 0 fully saturated rings. The minimum Gasteiger partial charge on any atom is -0.287 e. The predicted octanol–water partition coefficient (Wildman–Crippen LogP) is 3.37. The summed E-state index contributed by atoms with van der Waals surface area (Å²) in [7, 11) is -3.35. The topological polar surface area (TPSA) is 44.8 Å². The number of phosphoric ester groups is 1. The van der Waals surface area contributed by atoms with Crippen molar-refractivity contribution in [1.82, 2.24) is 0 Å². The lowest BCUT2D eigenvalue weighted by Gasteiger charge is -2.21. The Morgan fingerprint density at radius 3 is 1.79 bits per heavy atom. The van der Waals surface area contributed by atoms with E-state index in [1.165, 1.54) is 0 Å². The molecule has 0 atom stereocenters. The zero-order valence-corrected chi connectivity index (χ0v) is 10.5. The summed E-state index contributed by atoms with van der Waals surface area (Å²) in [5, 5.41) is 0. The van der Waals surface area contributed by atoms with Gasteiger partial charge in [0.1, 0.15) is 0 Å². The van der Waals surface area contributed by atoms with Crippen LogP contribution < -0.4 is 0 Å². The van der Waals surface area contributed by atoms with Crippen LogP contribution >= 0.6 is 7.82 Å². The molecule has 0 aliphatic heterocycles. The van der Waals surface area contributed by atoms with Crippen LogP contribution in [0.1, 0.15) is 41.0 Å². The molecule has 0 saturated heterocycles. The summed E-state index contributed by atoms with van der Waals surface area (Å²) in [6, 6.07) is 0. The molecule has 4 nitrogen and oxygen atoms in total. The van der Waals surface area contributed by atoms with Crippen molar-refractivity contribution in [3.63, 3.8) is 0 Å². The van der Waals surface area contributed by atoms with Crippen molar-refractivity contribution in [1.29, 1.82) is 0 Å². The largest absolute Gasteiger partial charge is 0.475 e. The standard InChI is InChI=1S/C9H21O4P/c1-6-7-11-14(10,12-8(2)3)13-9(4)5/h8-9H,6-7H2,1-5H3. The van der Waals surface area contributed by atoms with E-state index >= 15 is 0 Å². The van der Waals surface area contributed by atoms with Gasteiger partial charge >= 0.3 is 7.82 Å². The maximum absolute atomic E-state index is 11.9. The Hall–Kier alpha value is 0.110. The predicted molar refractivity (Wildman–Crippen MR) is 56.3 cm³/mol. The van der Waals surface area contributed by atoms with Crippen LogP contribution in [-0.4, -0.2) is 18.8 Å². The molecule has 0 aliphatic carbocycles. The van der Waals surface area contributed by atoms with Crippen LogP contribution in [0.3, 0.4) is 0 Å². The van der Waals surface area contributed by atoms with Gasteiger partial charge in [-0.15, -0.1) is 0 Å².